The third kappa shape index (κ3) is 5.29. The highest BCUT2D eigenvalue weighted by Crippen LogP contribution is 2.39. The maximum absolute atomic E-state index is 15.1. The fraction of sp³-hybridized carbons (Fsp3) is 0.355. The number of rotatable bonds is 8. The molecule has 178 valence electrons. The van der Waals surface area contributed by atoms with Crippen molar-refractivity contribution in [3.8, 4) is 22.3 Å². The van der Waals surface area contributed by atoms with Crippen LogP contribution >= 0.6 is 0 Å². The molecule has 0 aliphatic heterocycles. The van der Waals surface area contributed by atoms with Gasteiger partial charge in [-0.15, -0.1) is 6.58 Å². The Hall–Kier alpha value is -2.81. The SMILES string of the molecule is C=CCCC1CCC(c2ccc(-c3ccc(-c4ccc(CCC)c(F)c4F)cc3)c(F)c2)CC1. The molecule has 0 atom stereocenters. The van der Waals surface area contributed by atoms with E-state index in [-0.39, 0.29) is 11.4 Å². The summed E-state index contributed by atoms with van der Waals surface area (Å²) in [5, 5.41) is 0. The van der Waals surface area contributed by atoms with Gasteiger partial charge in [0.2, 0.25) is 0 Å². The highest BCUT2D eigenvalue weighted by Gasteiger charge is 2.23. The molecular formula is C31H33F3. The third-order valence-electron chi connectivity index (χ3n) is 7.28. The first-order valence-corrected chi connectivity index (χ1v) is 12.5. The summed E-state index contributed by atoms with van der Waals surface area (Å²) in [5.41, 5.74) is 3.53. The summed E-state index contributed by atoms with van der Waals surface area (Å²) in [4.78, 5) is 0. The van der Waals surface area contributed by atoms with E-state index in [0.717, 1.165) is 42.7 Å². The van der Waals surface area contributed by atoms with E-state index in [1.54, 1.807) is 42.5 Å². The van der Waals surface area contributed by atoms with Crippen LogP contribution in [0.1, 0.15) is 68.9 Å². The summed E-state index contributed by atoms with van der Waals surface area (Å²) in [6, 6.07) is 15.8. The molecule has 34 heavy (non-hydrogen) atoms. The molecule has 1 saturated carbocycles. The largest absolute Gasteiger partial charge is 0.206 e. The van der Waals surface area contributed by atoms with Crippen molar-refractivity contribution in [2.45, 2.75) is 64.2 Å². The second kappa shape index (κ2) is 11.1. The van der Waals surface area contributed by atoms with Crippen LogP contribution in [-0.2, 0) is 6.42 Å². The Bertz CT molecular complexity index is 1120. The van der Waals surface area contributed by atoms with Crippen LogP contribution in [0, 0.1) is 23.4 Å². The summed E-state index contributed by atoms with van der Waals surface area (Å²) in [5.74, 6) is -0.661. The van der Waals surface area contributed by atoms with Crippen LogP contribution in [0.3, 0.4) is 0 Å². The second-order valence-corrected chi connectivity index (χ2v) is 9.55. The molecule has 0 unspecified atom stereocenters. The molecule has 0 saturated heterocycles. The molecule has 4 rings (SSSR count). The van der Waals surface area contributed by atoms with E-state index >= 15 is 4.39 Å². The zero-order valence-corrected chi connectivity index (χ0v) is 19.9. The van der Waals surface area contributed by atoms with Gasteiger partial charge in [0.15, 0.2) is 11.6 Å². The van der Waals surface area contributed by atoms with Crippen LogP contribution in [0.25, 0.3) is 22.3 Å². The average Bonchev–Trinajstić information content (AvgIpc) is 2.86. The van der Waals surface area contributed by atoms with E-state index in [4.69, 9.17) is 0 Å². The number of halogens is 3. The molecule has 0 nitrogen and oxygen atoms in total. The van der Waals surface area contributed by atoms with Gasteiger partial charge in [-0.25, -0.2) is 13.2 Å². The maximum Gasteiger partial charge on any atom is 0.166 e. The molecular weight excluding hydrogens is 429 g/mol. The van der Waals surface area contributed by atoms with Gasteiger partial charge < -0.3 is 0 Å². The molecule has 3 aromatic carbocycles. The zero-order valence-electron chi connectivity index (χ0n) is 19.9. The lowest BCUT2D eigenvalue weighted by Crippen LogP contribution is -2.13. The van der Waals surface area contributed by atoms with E-state index < -0.39 is 11.6 Å². The molecule has 0 amide bonds. The number of aryl methyl sites for hydroxylation is 1. The summed E-state index contributed by atoms with van der Waals surface area (Å²) >= 11 is 0. The molecule has 3 aromatic rings. The van der Waals surface area contributed by atoms with Crippen molar-refractivity contribution in [2.24, 2.45) is 5.92 Å². The van der Waals surface area contributed by atoms with Gasteiger partial charge >= 0.3 is 0 Å². The van der Waals surface area contributed by atoms with Crippen molar-refractivity contribution in [1.82, 2.24) is 0 Å². The van der Waals surface area contributed by atoms with Gasteiger partial charge in [-0.05, 0) is 85.1 Å². The van der Waals surface area contributed by atoms with E-state index in [1.807, 2.05) is 25.1 Å². The molecule has 3 heteroatoms. The lowest BCUT2D eigenvalue weighted by atomic mass is 9.77. The highest BCUT2D eigenvalue weighted by molar-refractivity contribution is 5.71. The highest BCUT2D eigenvalue weighted by atomic mass is 19.2. The number of hydrogen-bond acceptors (Lipinski definition) is 0. The van der Waals surface area contributed by atoms with E-state index in [9.17, 15) is 8.78 Å². The molecule has 0 spiro atoms. The van der Waals surface area contributed by atoms with Crippen LogP contribution in [-0.4, -0.2) is 0 Å². The zero-order chi connectivity index (χ0) is 24.1. The molecule has 0 radical (unpaired) electrons. The first-order chi connectivity index (χ1) is 16.5. The Labute approximate surface area is 201 Å². The minimum absolute atomic E-state index is 0.225. The first-order valence-electron chi connectivity index (χ1n) is 12.5. The minimum atomic E-state index is -0.826. The fourth-order valence-electron chi connectivity index (χ4n) is 5.26. The molecule has 0 aromatic heterocycles. The summed E-state index contributed by atoms with van der Waals surface area (Å²) < 4.78 is 44.1. The van der Waals surface area contributed by atoms with Crippen LogP contribution < -0.4 is 0 Å². The Morgan fingerprint density at radius 1 is 0.824 bits per heavy atom. The van der Waals surface area contributed by atoms with Crippen molar-refractivity contribution in [2.75, 3.05) is 0 Å². The quantitative estimate of drug-likeness (QED) is 0.292. The number of allylic oxidation sites excluding steroid dienone is 1. The Balaban J connectivity index is 1.48. The van der Waals surface area contributed by atoms with Crippen molar-refractivity contribution in [3.63, 3.8) is 0 Å². The van der Waals surface area contributed by atoms with Gasteiger partial charge in [0.05, 0.1) is 0 Å². The minimum Gasteiger partial charge on any atom is -0.206 e. The van der Waals surface area contributed by atoms with Crippen molar-refractivity contribution < 1.29 is 13.2 Å². The van der Waals surface area contributed by atoms with Crippen molar-refractivity contribution in [3.05, 3.63) is 95.8 Å². The van der Waals surface area contributed by atoms with Gasteiger partial charge in [-0.2, -0.15) is 0 Å². The second-order valence-electron chi connectivity index (χ2n) is 9.55. The summed E-state index contributed by atoms with van der Waals surface area (Å²) in [6.45, 7) is 5.75. The van der Waals surface area contributed by atoms with E-state index in [1.165, 1.54) is 19.3 Å². The maximum atomic E-state index is 15.1. The van der Waals surface area contributed by atoms with Gasteiger partial charge in [-0.1, -0.05) is 68.0 Å². The fourth-order valence-corrected chi connectivity index (χ4v) is 5.26. The normalized spacial score (nSPS) is 18.1. The van der Waals surface area contributed by atoms with Crippen LogP contribution in [0.2, 0.25) is 0 Å². The van der Waals surface area contributed by atoms with Crippen LogP contribution in [0.15, 0.2) is 67.3 Å². The summed E-state index contributed by atoms with van der Waals surface area (Å²) in [7, 11) is 0. The standard InChI is InChI=1S/C31H33F3/c1-3-5-7-21-8-10-22(11-9-21)26-17-18-27(29(32)20-26)23-12-14-24(15-13-23)28-19-16-25(6-4-2)30(33)31(28)34/h3,12-22H,1,4-11H2,2H3. The molecule has 0 heterocycles. The molecule has 1 aliphatic carbocycles. The smallest absolute Gasteiger partial charge is 0.166 e. The Morgan fingerprint density at radius 3 is 2.09 bits per heavy atom. The molecule has 1 aliphatic rings. The van der Waals surface area contributed by atoms with Gasteiger partial charge in [0.25, 0.3) is 0 Å². The van der Waals surface area contributed by atoms with Gasteiger partial charge in [-0.3, -0.25) is 0 Å². The Kier molecular flexibility index (Phi) is 7.92. The van der Waals surface area contributed by atoms with Crippen LogP contribution in [0.4, 0.5) is 13.2 Å². The van der Waals surface area contributed by atoms with Crippen LogP contribution in [0.5, 0.6) is 0 Å². The first kappa shape index (κ1) is 24.3. The Morgan fingerprint density at radius 2 is 1.47 bits per heavy atom. The van der Waals surface area contributed by atoms with Crippen molar-refractivity contribution in [1.29, 1.82) is 0 Å². The number of hydrogen-bond donors (Lipinski definition) is 0. The monoisotopic (exact) mass is 462 g/mol. The van der Waals surface area contributed by atoms with Gasteiger partial charge in [0, 0.05) is 11.1 Å². The predicted molar refractivity (Wildman–Crippen MR) is 135 cm³/mol. The van der Waals surface area contributed by atoms with Gasteiger partial charge in [0.1, 0.15) is 5.82 Å². The molecule has 0 bridgehead atoms. The lowest BCUT2D eigenvalue weighted by Gasteiger charge is -2.28. The lowest BCUT2D eigenvalue weighted by molar-refractivity contribution is 0.311. The predicted octanol–water partition coefficient (Wildman–Crippen LogP) is 9.63. The molecule has 0 N–H and O–H groups in total. The average molecular weight is 463 g/mol. The third-order valence-corrected chi connectivity index (χ3v) is 7.28. The molecule has 1 fully saturated rings. The van der Waals surface area contributed by atoms with Crippen molar-refractivity contribution >= 4 is 0 Å². The van der Waals surface area contributed by atoms with E-state index in [2.05, 4.69) is 6.58 Å². The number of benzene rings is 3. The summed E-state index contributed by atoms with van der Waals surface area (Å²) in [6.07, 6.45) is 10.1. The van der Waals surface area contributed by atoms with E-state index in [0.29, 0.717) is 29.0 Å². The topological polar surface area (TPSA) is 0 Å².